The minimum Gasteiger partial charge on any atom is -0.382 e. The Bertz CT molecular complexity index is 457. The molecule has 19 heavy (non-hydrogen) atoms. The van der Waals surface area contributed by atoms with Crippen LogP contribution in [0.4, 0.5) is 30.7 Å². The van der Waals surface area contributed by atoms with Gasteiger partial charge >= 0.3 is 18.0 Å². The lowest BCUT2D eigenvalue weighted by Crippen LogP contribution is -2.54. The van der Waals surface area contributed by atoms with Crippen LogP contribution in [-0.2, 0) is 0 Å². The number of benzene rings is 1. The molecule has 1 aromatic rings. The molecule has 1 aromatic carbocycles. The van der Waals surface area contributed by atoms with Gasteiger partial charge in [-0.05, 0) is 6.07 Å². The zero-order chi connectivity index (χ0) is 15.1. The van der Waals surface area contributed by atoms with E-state index in [-0.39, 0.29) is 4.47 Å². The number of rotatable bonds is 3. The number of alkyl halides is 7. The fraction of sp³-hybridized carbons (Fsp3) is 0.400. The standard InChI is InChI=1S/C10H6BrF7O/c11-6-4-2-1-3-5(6)7(19)8(12,13)9(14,15)10(16,17)18/h1-4,7,19H. The highest BCUT2D eigenvalue weighted by atomic mass is 79.9. The van der Waals surface area contributed by atoms with Crippen LogP contribution in [0.1, 0.15) is 11.7 Å². The van der Waals surface area contributed by atoms with E-state index in [0.29, 0.717) is 0 Å². The van der Waals surface area contributed by atoms with Gasteiger partial charge in [-0.3, -0.25) is 0 Å². The zero-order valence-electron chi connectivity index (χ0n) is 8.86. The molecule has 0 bridgehead atoms. The number of aliphatic hydroxyl groups is 1. The molecule has 1 N–H and O–H groups in total. The van der Waals surface area contributed by atoms with Crippen molar-refractivity contribution >= 4 is 15.9 Å². The maximum Gasteiger partial charge on any atom is 0.459 e. The lowest BCUT2D eigenvalue weighted by atomic mass is 9.98. The van der Waals surface area contributed by atoms with Gasteiger partial charge in [0.2, 0.25) is 0 Å². The Balaban J connectivity index is 3.24. The molecule has 9 heteroatoms. The molecule has 108 valence electrons. The molecular formula is C10H6BrF7O. The number of hydrogen-bond acceptors (Lipinski definition) is 1. The molecule has 1 rings (SSSR count). The van der Waals surface area contributed by atoms with E-state index in [4.69, 9.17) is 5.11 Å². The molecule has 1 unspecified atom stereocenters. The Morgan fingerprint density at radius 3 is 1.84 bits per heavy atom. The SMILES string of the molecule is OC(c1ccccc1Br)C(F)(F)C(F)(F)C(F)(F)F. The normalized spacial score (nSPS) is 15.4. The third-order valence-corrected chi connectivity index (χ3v) is 3.04. The molecule has 0 fully saturated rings. The van der Waals surface area contributed by atoms with Crippen LogP contribution in [0.5, 0.6) is 0 Å². The van der Waals surface area contributed by atoms with Crippen molar-refractivity contribution in [2.45, 2.75) is 24.1 Å². The van der Waals surface area contributed by atoms with Crippen LogP contribution in [0.25, 0.3) is 0 Å². The van der Waals surface area contributed by atoms with Crippen LogP contribution in [0.3, 0.4) is 0 Å². The topological polar surface area (TPSA) is 20.2 Å². The highest BCUT2D eigenvalue weighted by Gasteiger charge is 2.75. The molecule has 0 heterocycles. The third kappa shape index (κ3) is 2.71. The Labute approximate surface area is 111 Å². The number of aliphatic hydroxyl groups excluding tert-OH is 1. The Hall–Kier alpha value is -0.830. The van der Waals surface area contributed by atoms with E-state index in [0.717, 1.165) is 18.2 Å². The summed E-state index contributed by atoms with van der Waals surface area (Å²) >= 11 is 2.69. The fourth-order valence-corrected chi connectivity index (χ4v) is 1.75. The van der Waals surface area contributed by atoms with Crippen molar-refractivity contribution in [3.63, 3.8) is 0 Å². The molecule has 1 nitrogen and oxygen atoms in total. The van der Waals surface area contributed by atoms with Gasteiger partial charge in [-0.25, -0.2) is 0 Å². The first-order valence-electron chi connectivity index (χ1n) is 4.67. The first-order chi connectivity index (χ1) is 8.43. The van der Waals surface area contributed by atoms with Crippen LogP contribution < -0.4 is 0 Å². The molecule has 0 spiro atoms. The largest absolute Gasteiger partial charge is 0.459 e. The van der Waals surface area contributed by atoms with Crippen molar-refractivity contribution < 1.29 is 35.8 Å². The van der Waals surface area contributed by atoms with Crippen LogP contribution in [-0.4, -0.2) is 23.1 Å². The Morgan fingerprint density at radius 1 is 0.947 bits per heavy atom. The second-order valence-electron chi connectivity index (χ2n) is 3.62. The Kier molecular flexibility index (Phi) is 4.21. The first kappa shape index (κ1) is 16.2. The van der Waals surface area contributed by atoms with Gasteiger partial charge in [-0.1, -0.05) is 34.1 Å². The van der Waals surface area contributed by atoms with E-state index in [9.17, 15) is 30.7 Å². The maximum atomic E-state index is 13.2. The fourth-order valence-electron chi connectivity index (χ4n) is 1.25. The summed E-state index contributed by atoms with van der Waals surface area (Å²) in [5.41, 5.74) is -0.767. The van der Waals surface area contributed by atoms with Gasteiger partial charge in [0, 0.05) is 10.0 Å². The molecule has 0 aromatic heterocycles. The second-order valence-corrected chi connectivity index (χ2v) is 4.47. The first-order valence-corrected chi connectivity index (χ1v) is 5.47. The van der Waals surface area contributed by atoms with Crippen molar-refractivity contribution in [3.05, 3.63) is 34.3 Å². The van der Waals surface area contributed by atoms with Crippen molar-refractivity contribution in [2.75, 3.05) is 0 Å². The molecule has 0 aliphatic rings. The van der Waals surface area contributed by atoms with Crippen LogP contribution in [0, 0.1) is 0 Å². The average molecular weight is 355 g/mol. The summed E-state index contributed by atoms with van der Waals surface area (Å²) in [7, 11) is 0. The molecule has 0 radical (unpaired) electrons. The van der Waals surface area contributed by atoms with Crippen molar-refractivity contribution in [3.8, 4) is 0 Å². The van der Waals surface area contributed by atoms with Gasteiger partial charge in [0.1, 0.15) is 0 Å². The molecular weight excluding hydrogens is 349 g/mol. The highest BCUT2D eigenvalue weighted by molar-refractivity contribution is 9.10. The van der Waals surface area contributed by atoms with Gasteiger partial charge in [0.05, 0.1) is 0 Å². The van der Waals surface area contributed by atoms with Gasteiger partial charge in [0.25, 0.3) is 0 Å². The Morgan fingerprint density at radius 2 is 1.42 bits per heavy atom. The minimum absolute atomic E-state index is 0.208. The summed E-state index contributed by atoms with van der Waals surface area (Å²) < 4.78 is 87.5. The number of hydrogen-bond donors (Lipinski definition) is 1. The van der Waals surface area contributed by atoms with Crippen molar-refractivity contribution in [2.24, 2.45) is 0 Å². The number of halogens is 8. The average Bonchev–Trinajstić information content (AvgIpc) is 2.27. The highest BCUT2D eigenvalue weighted by Crippen LogP contribution is 2.52. The van der Waals surface area contributed by atoms with Gasteiger partial charge in [-0.15, -0.1) is 0 Å². The van der Waals surface area contributed by atoms with E-state index in [1.807, 2.05) is 0 Å². The predicted octanol–water partition coefficient (Wildman–Crippen LogP) is 4.32. The molecule has 0 amide bonds. The molecule has 1 atom stereocenters. The molecule has 0 saturated carbocycles. The lowest BCUT2D eigenvalue weighted by molar-refractivity contribution is -0.372. The van der Waals surface area contributed by atoms with E-state index < -0.39 is 29.7 Å². The summed E-state index contributed by atoms with van der Waals surface area (Å²) in [6.07, 6.45) is -9.78. The summed E-state index contributed by atoms with van der Waals surface area (Å²) in [6, 6.07) is 4.38. The second kappa shape index (κ2) is 4.93. The monoisotopic (exact) mass is 354 g/mol. The quantitative estimate of drug-likeness (QED) is 0.801. The molecule has 0 aliphatic heterocycles. The lowest BCUT2D eigenvalue weighted by Gasteiger charge is -2.31. The summed E-state index contributed by atoms with van der Waals surface area (Å²) in [5.74, 6) is -12.1. The predicted molar refractivity (Wildman–Crippen MR) is 55.1 cm³/mol. The van der Waals surface area contributed by atoms with Gasteiger partial charge in [-0.2, -0.15) is 30.7 Å². The van der Waals surface area contributed by atoms with E-state index in [1.54, 1.807) is 0 Å². The summed E-state index contributed by atoms with van der Waals surface area (Å²) in [5, 5.41) is 9.17. The smallest absolute Gasteiger partial charge is 0.382 e. The molecule has 0 aliphatic carbocycles. The van der Waals surface area contributed by atoms with Crippen LogP contribution >= 0.6 is 15.9 Å². The zero-order valence-corrected chi connectivity index (χ0v) is 10.4. The van der Waals surface area contributed by atoms with Gasteiger partial charge in [0.15, 0.2) is 6.10 Å². The maximum absolute atomic E-state index is 13.2. The van der Waals surface area contributed by atoms with Gasteiger partial charge < -0.3 is 5.11 Å². The molecule has 0 saturated heterocycles. The van der Waals surface area contributed by atoms with Crippen molar-refractivity contribution in [1.82, 2.24) is 0 Å². The van der Waals surface area contributed by atoms with Crippen LogP contribution in [0.15, 0.2) is 28.7 Å². The minimum atomic E-state index is -6.47. The van der Waals surface area contributed by atoms with E-state index in [2.05, 4.69) is 15.9 Å². The van der Waals surface area contributed by atoms with E-state index >= 15 is 0 Å². The summed E-state index contributed by atoms with van der Waals surface area (Å²) in [4.78, 5) is 0. The third-order valence-electron chi connectivity index (χ3n) is 2.32. The van der Waals surface area contributed by atoms with E-state index in [1.165, 1.54) is 6.07 Å². The van der Waals surface area contributed by atoms with Crippen molar-refractivity contribution in [1.29, 1.82) is 0 Å². The van der Waals surface area contributed by atoms with Crippen LogP contribution in [0.2, 0.25) is 0 Å². The summed E-state index contributed by atoms with van der Waals surface area (Å²) in [6.45, 7) is 0.